The van der Waals surface area contributed by atoms with Crippen LogP contribution in [0.15, 0.2) is 35.8 Å². The fourth-order valence-electron chi connectivity index (χ4n) is 3.67. The van der Waals surface area contributed by atoms with Crippen molar-refractivity contribution in [1.29, 1.82) is 0 Å². The van der Waals surface area contributed by atoms with Gasteiger partial charge in [0.1, 0.15) is 5.82 Å². The molecule has 2 amide bonds. The van der Waals surface area contributed by atoms with Gasteiger partial charge in [-0.1, -0.05) is 12.1 Å². The molecule has 4 rings (SSSR count). The summed E-state index contributed by atoms with van der Waals surface area (Å²) in [7, 11) is 0. The van der Waals surface area contributed by atoms with Gasteiger partial charge in [0.2, 0.25) is 11.8 Å². The highest BCUT2D eigenvalue weighted by atomic mass is 32.1. The molecule has 8 nitrogen and oxygen atoms in total. The van der Waals surface area contributed by atoms with E-state index in [1.807, 2.05) is 35.1 Å². The fourth-order valence-corrected chi connectivity index (χ4v) is 4.62. The monoisotopic (exact) mass is 456 g/mol. The molecule has 4 heterocycles. The van der Waals surface area contributed by atoms with Crippen molar-refractivity contribution in [2.75, 3.05) is 18.4 Å². The number of likely N-dealkylation sites (tertiary alicyclic amines) is 1. The maximum atomic E-state index is 12.9. The normalized spacial score (nSPS) is 16.3. The minimum absolute atomic E-state index is 0.0196. The van der Waals surface area contributed by atoms with Gasteiger partial charge in [-0.15, -0.1) is 11.3 Å². The zero-order valence-corrected chi connectivity index (χ0v) is 18.8. The molecular weight excluding hydrogens is 432 g/mol. The first kappa shape index (κ1) is 21.4. The molecule has 0 radical (unpaired) electrons. The summed E-state index contributed by atoms with van der Waals surface area (Å²) in [5, 5.41) is 12.0. The van der Waals surface area contributed by atoms with Gasteiger partial charge in [0, 0.05) is 32.3 Å². The van der Waals surface area contributed by atoms with Crippen molar-refractivity contribution in [3.63, 3.8) is 0 Å². The number of nitrogens with zero attached hydrogens (tertiary/aromatic N) is 4. The molecule has 3 aromatic rings. The van der Waals surface area contributed by atoms with E-state index in [2.05, 4.69) is 20.5 Å². The van der Waals surface area contributed by atoms with Gasteiger partial charge < -0.3 is 10.2 Å². The van der Waals surface area contributed by atoms with Crippen LogP contribution in [0.25, 0.3) is 10.7 Å². The molecular formula is C21H24N6O2S2. The Labute approximate surface area is 189 Å². The van der Waals surface area contributed by atoms with Gasteiger partial charge in [-0.05, 0) is 55.1 Å². The molecule has 0 aliphatic carbocycles. The number of nitrogens with one attached hydrogen (secondary N) is 2. The molecule has 1 saturated heterocycles. The lowest BCUT2D eigenvalue weighted by molar-refractivity contribution is -0.134. The van der Waals surface area contributed by atoms with Gasteiger partial charge in [-0.25, -0.2) is 4.98 Å². The first-order chi connectivity index (χ1) is 15.0. The molecule has 10 heteroatoms. The minimum Gasteiger partial charge on any atom is -0.342 e. The summed E-state index contributed by atoms with van der Waals surface area (Å²) >= 11 is 6.92. The Morgan fingerprint density at radius 2 is 2.23 bits per heavy atom. The van der Waals surface area contributed by atoms with Crippen LogP contribution in [0, 0.1) is 17.6 Å². The highest BCUT2D eigenvalue weighted by molar-refractivity contribution is 7.71. The van der Waals surface area contributed by atoms with Gasteiger partial charge in [-0.2, -0.15) is 5.10 Å². The maximum absolute atomic E-state index is 12.9. The molecule has 0 bridgehead atoms. The van der Waals surface area contributed by atoms with Crippen LogP contribution >= 0.6 is 23.6 Å². The molecule has 1 atom stereocenters. The van der Waals surface area contributed by atoms with Crippen LogP contribution in [0.4, 0.5) is 5.82 Å². The van der Waals surface area contributed by atoms with Crippen molar-refractivity contribution < 1.29 is 9.59 Å². The third-order valence-electron chi connectivity index (χ3n) is 5.36. The molecule has 1 fully saturated rings. The Hall–Kier alpha value is -2.85. The van der Waals surface area contributed by atoms with E-state index in [1.54, 1.807) is 28.5 Å². The van der Waals surface area contributed by atoms with Crippen molar-refractivity contribution in [2.45, 2.75) is 32.7 Å². The van der Waals surface area contributed by atoms with E-state index < -0.39 is 0 Å². The van der Waals surface area contributed by atoms with Gasteiger partial charge in [0.15, 0.2) is 10.6 Å². The Balaban J connectivity index is 1.35. The third kappa shape index (κ3) is 5.08. The Morgan fingerprint density at radius 3 is 2.97 bits per heavy atom. The second-order valence-electron chi connectivity index (χ2n) is 7.62. The van der Waals surface area contributed by atoms with Crippen LogP contribution in [0.2, 0.25) is 0 Å². The summed E-state index contributed by atoms with van der Waals surface area (Å²) in [5.74, 6) is 0.972. The van der Waals surface area contributed by atoms with E-state index in [9.17, 15) is 9.59 Å². The largest absolute Gasteiger partial charge is 0.342 e. The van der Waals surface area contributed by atoms with Crippen LogP contribution in [-0.2, 0) is 16.1 Å². The van der Waals surface area contributed by atoms with Gasteiger partial charge in [0.25, 0.3) is 0 Å². The number of aromatic nitrogens is 4. The highest BCUT2D eigenvalue weighted by Crippen LogP contribution is 2.24. The predicted molar refractivity (Wildman–Crippen MR) is 122 cm³/mol. The molecule has 1 aliphatic rings. The smallest absolute Gasteiger partial charge is 0.230 e. The number of hydrogen-bond donors (Lipinski definition) is 2. The van der Waals surface area contributed by atoms with E-state index in [1.165, 1.54) is 0 Å². The Kier molecular flexibility index (Phi) is 6.57. The first-order valence-electron chi connectivity index (χ1n) is 10.2. The quantitative estimate of drug-likeness (QED) is 0.552. The zero-order chi connectivity index (χ0) is 21.8. The SMILES string of the molecule is Cc1ccc(NC(=O)C2CCCN(C(=O)CCn3c(-c4cccs4)n[nH]c3=S)C2)nc1. The number of amides is 2. The lowest BCUT2D eigenvalue weighted by atomic mass is 9.97. The summed E-state index contributed by atoms with van der Waals surface area (Å²) in [4.78, 5) is 32.6. The summed E-state index contributed by atoms with van der Waals surface area (Å²) in [5.41, 5.74) is 1.03. The Bertz CT molecular complexity index is 1100. The zero-order valence-electron chi connectivity index (χ0n) is 17.2. The van der Waals surface area contributed by atoms with Crippen molar-refractivity contribution in [1.82, 2.24) is 24.6 Å². The molecule has 162 valence electrons. The number of H-pyrrole nitrogens is 1. The standard InChI is InChI=1S/C21H24N6O2S2/c1-14-6-7-17(22-12-14)23-20(29)15-4-2-9-26(13-15)18(28)8-10-27-19(24-25-21(27)30)16-5-3-11-31-16/h3,5-7,11-12,15H,2,4,8-10,13H2,1H3,(H,25,30)(H,22,23,29). The molecule has 1 aliphatic heterocycles. The topological polar surface area (TPSA) is 95.9 Å². The van der Waals surface area contributed by atoms with E-state index >= 15 is 0 Å². The summed E-state index contributed by atoms with van der Waals surface area (Å²) in [6.07, 6.45) is 3.59. The second kappa shape index (κ2) is 9.52. The molecule has 0 spiro atoms. The van der Waals surface area contributed by atoms with Gasteiger partial charge >= 0.3 is 0 Å². The van der Waals surface area contributed by atoms with Crippen LogP contribution in [0.5, 0.6) is 0 Å². The fraction of sp³-hybridized carbons (Fsp3) is 0.381. The van der Waals surface area contributed by atoms with Crippen molar-refractivity contribution in [3.05, 3.63) is 46.2 Å². The number of thiophene rings is 1. The van der Waals surface area contributed by atoms with Crippen molar-refractivity contribution >= 4 is 41.2 Å². The van der Waals surface area contributed by atoms with Crippen molar-refractivity contribution in [2.24, 2.45) is 5.92 Å². The number of aromatic amines is 1. The highest BCUT2D eigenvalue weighted by Gasteiger charge is 2.28. The Morgan fingerprint density at radius 1 is 1.35 bits per heavy atom. The number of piperidine rings is 1. The number of carbonyl (C=O) groups is 2. The average molecular weight is 457 g/mol. The van der Waals surface area contributed by atoms with Crippen LogP contribution in [-0.4, -0.2) is 49.6 Å². The predicted octanol–water partition coefficient (Wildman–Crippen LogP) is 3.64. The average Bonchev–Trinajstić information content (AvgIpc) is 3.43. The number of anilines is 1. The number of carbonyl (C=O) groups excluding carboxylic acids is 2. The number of pyridine rings is 1. The minimum atomic E-state index is -0.237. The summed E-state index contributed by atoms with van der Waals surface area (Å²) in [6, 6.07) is 7.63. The lowest BCUT2D eigenvalue weighted by Crippen LogP contribution is -2.44. The van der Waals surface area contributed by atoms with E-state index in [-0.39, 0.29) is 17.7 Å². The molecule has 0 saturated carbocycles. The molecule has 3 aromatic heterocycles. The van der Waals surface area contributed by atoms with E-state index in [0.29, 0.717) is 36.6 Å². The molecule has 2 N–H and O–H groups in total. The van der Waals surface area contributed by atoms with E-state index in [0.717, 1.165) is 29.1 Å². The third-order valence-corrected chi connectivity index (χ3v) is 6.53. The van der Waals surface area contributed by atoms with Gasteiger partial charge in [0.05, 0.1) is 10.8 Å². The second-order valence-corrected chi connectivity index (χ2v) is 8.95. The van der Waals surface area contributed by atoms with Crippen LogP contribution in [0.1, 0.15) is 24.8 Å². The number of rotatable bonds is 6. The van der Waals surface area contributed by atoms with E-state index in [4.69, 9.17) is 12.2 Å². The molecule has 0 aromatic carbocycles. The number of hydrogen-bond acceptors (Lipinski definition) is 6. The number of aryl methyl sites for hydroxylation is 1. The van der Waals surface area contributed by atoms with Crippen LogP contribution < -0.4 is 5.32 Å². The first-order valence-corrected chi connectivity index (χ1v) is 11.5. The maximum Gasteiger partial charge on any atom is 0.230 e. The van der Waals surface area contributed by atoms with Crippen LogP contribution in [0.3, 0.4) is 0 Å². The summed E-state index contributed by atoms with van der Waals surface area (Å²) in [6.45, 7) is 3.48. The lowest BCUT2D eigenvalue weighted by Gasteiger charge is -2.32. The summed E-state index contributed by atoms with van der Waals surface area (Å²) < 4.78 is 2.36. The van der Waals surface area contributed by atoms with Crippen molar-refractivity contribution in [3.8, 4) is 10.7 Å². The molecule has 31 heavy (non-hydrogen) atoms. The van der Waals surface area contributed by atoms with Gasteiger partial charge in [-0.3, -0.25) is 19.3 Å². The molecule has 1 unspecified atom stereocenters.